The quantitative estimate of drug-likeness (QED) is 0.274. The normalized spacial score (nSPS) is 18.7. The van der Waals surface area contributed by atoms with E-state index in [1.165, 1.54) is 12.1 Å². The third kappa shape index (κ3) is 5.60. The van der Waals surface area contributed by atoms with Crippen LogP contribution in [0.25, 0.3) is 0 Å². The van der Waals surface area contributed by atoms with Crippen LogP contribution in [0.2, 0.25) is 0 Å². The Kier molecular flexibility index (Phi) is 7.55. The van der Waals surface area contributed by atoms with Gasteiger partial charge in [-0.15, -0.1) is 0 Å². The molecular weight excluding hydrogens is 620 g/mol. The van der Waals surface area contributed by atoms with Crippen LogP contribution < -0.4 is 27.0 Å². The molecule has 0 atom stereocenters. The molecule has 2 aromatic rings. The predicted molar refractivity (Wildman–Crippen MR) is 152 cm³/mol. The van der Waals surface area contributed by atoms with E-state index in [0.717, 1.165) is 11.3 Å². The summed E-state index contributed by atoms with van der Waals surface area (Å²) in [6.07, 6.45) is 2.14. The minimum absolute atomic E-state index is 0.0486. The molecule has 0 radical (unpaired) electrons. The first kappa shape index (κ1) is 27.0. The summed E-state index contributed by atoms with van der Waals surface area (Å²) in [6, 6.07) is 4.43. The molecule has 4 heterocycles. The molecule has 0 aliphatic carbocycles. The number of hydrogen-bond acceptors (Lipinski definition) is 7. The van der Waals surface area contributed by atoms with Crippen molar-refractivity contribution in [2.45, 2.75) is 42.1 Å². The average Bonchev–Trinajstić information content (AvgIpc) is 3.51. The number of amides is 3. The molecule has 0 saturated carbocycles. The van der Waals surface area contributed by atoms with Gasteiger partial charge in [-0.3, -0.25) is 14.4 Å². The van der Waals surface area contributed by atoms with Crippen molar-refractivity contribution in [1.29, 1.82) is 0 Å². The number of carbonyl (C=O) groups excluding carboxylic acids is 3. The number of aliphatic imine (C=N–C) groups is 1. The molecule has 6 N–H and O–H groups in total. The third-order valence-electron chi connectivity index (χ3n) is 7.41. The Bertz CT molecular complexity index is 1360. The van der Waals surface area contributed by atoms with Gasteiger partial charge in [0.1, 0.15) is 11.6 Å². The molecule has 206 valence electrons. The number of benzene rings is 1. The number of nitrogens with two attached hydrogens (primary N) is 2. The first-order valence-corrected chi connectivity index (χ1v) is 14.2. The average molecular weight is 649 g/mol. The van der Waals surface area contributed by atoms with E-state index < -0.39 is 5.91 Å². The van der Waals surface area contributed by atoms with Gasteiger partial charge >= 0.3 is 5.91 Å². The van der Waals surface area contributed by atoms with E-state index in [-0.39, 0.29) is 53.3 Å². The van der Waals surface area contributed by atoms with Gasteiger partial charge in [0.25, 0.3) is 0 Å². The van der Waals surface area contributed by atoms with E-state index >= 15 is 0 Å². The number of alkyl halides is 1. The zero-order valence-electron chi connectivity index (χ0n) is 21.2. The summed E-state index contributed by atoms with van der Waals surface area (Å²) in [5.74, 6) is -0.709. The lowest BCUT2D eigenvalue weighted by atomic mass is 9.88. The molecule has 3 aliphatic heterocycles. The monoisotopic (exact) mass is 649 g/mol. The molecule has 3 aliphatic rings. The third-order valence-corrected chi connectivity index (χ3v) is 8.13. The Morgan fingerprint density at radius 2 is 1.82 bits per heavy atom. The molecular formula is C25H29FIN9O3. The van der Waals surface area contributed by atoms with E-state index in [2.05, 4.69) is 48.2 Å². The highest BCUT2D eigenvalue weighted by Gasteiger charge is 2.41. The summed E-state index contributed by atoms with van der Waals surface area (Å²) in [7, 11) is 0. The van der Waals surface area contributed by atoms with Gasteiger partial charge in [-0.25, -0.2) is 14.4 Å². The minimum Gasteiger partial charge on any atom is -0.382 e. The number of nitrogens with zero attached hydrogens (tertiary/aromatic N) is 5. The molecule has 1 spiro atoms. The summed E-state index contributed by atoms with van der Waals surface area (Å²) in [6.45, 7) is 2.09. The molecule has 5 rings (SSSR count). The molecule has 12 nitrogen and oxygen atoms in total. The highest BCUT2D eigenvalue weighted by atomic mass is 127. The van der Waals surface area contributed by atoms with E-state index in [4.69, 9.17) is 11.5 Å². The van der Waals surface area contributed by atoms with Crippen molar-refractivity contribution < 1.29 is 18.8 Å². The fourth-order valence-electron chi connectivity index (χ4n) is 5.19. The van der Waals surface area contributed by atoms with Gasteiger partial charge in [0, 0.05) is 49.1 Å². The van der Waals surface area contributed by atoms with Crippen molar-refractivity contribution in [3.8, 4) is 0 Å². The maximum Gasteiger partial charge on any atom is 0.302 e. The van der Waals surface area contributed by atoms with Crippen LogP contribution in [0.1, 0.15) is 47.4 Å². The summed E-state index contributed by atoms with van der Waals surface area (Å²) in [5, 5.41) is 6.43. The van der Waals surface area contributed by atoms with E-state index in [9.17, 15) is 18.8 Å². The zero-order valence-corrected chi connectivity index (χ0v) is 23.3. The number of rotatable bonds is 5. The number of aromatic nitrogens is 2. The Labute approximate surface area is 237 Å². The number of nitrogens with one attached hydrogen (secondary N) is 2. The van der Waals surface area contributed by atoms with Gasteiger partial charge in [-0.2, -0.15) is 4.99 Å². The number of hydrogen-bond donors (Lipinski definition) is 4. The van der Waals surface area contributed by atoms with Crippen molar-refractivity contribution in [2.24, 2.45) is 4.99 Å². The van der Waals surface area contributed by atoms with Crippen LogP contribution in [-0.2, 0) is 20.4 Å². The number of piperidine rings is 1. The molecule has 39 heavy (non-hydrogen) atoms. The maximum absolute atomic E-state index is 13.5. The van der Waals surface area contributed by atoms with Crippen molar-refractivity contribution in [3.63, 3.8) is 0 Å². The van der Waals surface area contributed by atoms with Crippen molar-refractivity contribution in [1.82, 2.24) is 25.5 Å². The van der Waals surface area contributed by atoms with Crippen molar-refractivity contribution in [3.05, 3.63) is 41.0 Å². The fourth-order valence-corrected chi connectivity index (χ4v) is 5.75. The van der Waals surface area contributed by atoms with Crippen LogP contribution in [0.15, 0.2) is 23.2 Å². The topological polar surface area (TPSA) is 172 Å². The van der Waals surface area contributed by atoms with Gasteiger partial charge in [0.05, 0.1) is 11.2 Å². The second-order valence-electron chi connectivity index (χ2n) is 9.90. The number of fused-ring (bicyclic) bond motifs is 1. The SMILES string of the molecule is Nc1nc(N)c(C(=O)/N=C2\NCC3(CCN(C(=O)CCC(=O)N4CCc5cc(F)ccc54)CC3)N2)nc1CI. The second kappa shape index (κ2) is 10.9. The number of carbonyl (C=O) groups is 3. The smallest absolute Gasteiger partial charge is 0.302 e. The Hall–Kier alpha value is -3.56. The van der Waals surface area contributed by atoms with Crippen LogP contribution in [0.5, 0.6) is 0 Å². The lowest BCUT2D eigenvalue weighted by Gasteiger charge is -2.38. The molecule has 2 fully saturated rings. The predicted octanol–water partition coefficient (Wildman–Crippen LogP) is 1.13. The first-order chi connectivity index (χ1) is 18.7. The van der Waals surface area contributed by atoms with Gasteiger partial charge in [-0.05, 0) is 43.0 Å². The molecule has 0 bridgehead atoms. The molecule has 14 heteroatoms. The summed E-state index contributed by atoms with van der Waals surface area (Å²) < 4.78 is 13.9. The second-order valence-corrected chi connectivity index (χ2v) is 10.7. The summed E-state index contributed by atoms with van der Waals surface area (Å²) in [5.41, 5.74) is 13.2. The molecule has 1 aromatic carbocycles. The molecule has 3 amide bonds. The van der Waals surface area contributed by atoms with Crippen LogP contribution in [-0.4, -0.2) is 70.3 Å². The van der Waals surface area contributed by atoms with Crippen LogP contribution in [0.3, 0.4) is 0 Å². The molecule has 1 aromatic heterocycles. The number of nitrogen functional groups attached to an aromatic ring is 2. The highest BCUT2D eigenvalue weighted by molar-refractivity contribution is 14.1. The lowest BCUT2D eigenvalue weighted by Crippen LogP contribution is -2.53. The number of likely N-dealkylation sites (tertiary alicyclic amines) is 1. The summed E-state index contributed by atoms with van der Waals surface area (Å²) in [4.78, 5) is 54.1. The molecule has 2 saturated heterocycles. The van der Waals surface area contributed by atoms with E-state index in [1.807, 2.05) is 0 Å². The first-order valence-electron chi connectivity index (χ1n) is 12.7. The van der Waals surface area contributed by atoms with Crippen LogP contribution >= 0.6 is 22.6 Å². The minimum atomic E-state index is -0.624. The van der Waals surface area contributed by atoms with Crippen LogP contribution in [0.4, 0.5) is 21.7 Å². The number of guanidine groups is 1. The summed E-state index contributed by atoms with van der Waals surface area (Å²) >= 11 is 2.08. The van der Waals surface area contributed by atoms with Gasteiger partial charge in [-0.1, -0.05) is 22.6 Å². The van der Waals surface area contributed by atoms with Gasteiger partial charge in [0.15, 0.2) is 17.5 Å². The Balaban J connectivity index is 1.12. The number of halogens is 2. The fraction of sp³-hybridized carbons (Fsp3) is 0.440. The van der Waals surface area contributed by atoms with E-state index in [1.54, 1.807) is 15.9 Å². The Morgan fingerprint density at radius 3 is 2.56 bits per heavy atom. The maximum atomic E-state index is 13.5. The largest absolute Gasteiger partial charge is 0.382 e. The standard InChI is InChI=1S/C25H29FIN9O3/c26-15-1-2-17-14(11-15)5-8-36(17)19(38)4-3-18(37)35-9-6-25(7-10-35)13-30-24(34-25)33-23(39)20-22(29)32-21(28)16(12-27)31-20/h1-2,11H,3-10,12-13H2,(H4,28,29,32)(H2,30,33,34,39). The van der Waals surface area contributed by atoms with Crippen molar-refractivity contribution in [2.75, 3.05) is 42.5 Å². The highest BCUT2D eigenvalue weighted by Crippen LogP contribution is 2.30. The van der Waals surface area contributed by atoms with Crippen LogP contribution in [0, 0.1) is 5.82 Å². The number of anilines is 3. The lowest BCUT2D eigenvalue weighted by molar-refractivity contribution is -0.134. The van der Waals surface area contributed by atoms with Crippen molar-refractivity contribution >= 4 is 63.6 Å². The van der Waals surface area contributed by atoms with E-state index in [0.29, 0.717) is 61.5 Å². The zero-order chi connectivity index (χ0) is 27.7. The van der Waals surface area contributed by atoms with Gasteiger partial charge in [0.2, 0.25) is 11.8 Å². The van der Waals surface area contributed by atoms with Gasteiger partial charge < -0.3 is 31.9 Å². The molecule has 0 unspecified atom stereocenters. The Morgan fingerprint density at radius 1 is 1.08 bits per heavy atom.